The zero-order valence-electron chi connectivity index (χ0n) is 7.16. The van der Waals surface area contributed by atoms with E-state index in [4.69, 9.17) is 12.2 Å². The lowest BCUT2D eigenvalue weighted by Gasteiger charge is -1.98. The van der Waals surface area contributed by atoms with Crippen molar-refractivity contribution in [2.45, 2.75) is 6.92 Å². The predicted molar refractivity (Wildman–Crippen MR) is 53.9 cm³/mol. The molecule has 0 atom stereocenters. The zero-order chi connectivity index (χ0) is 9.26. The molecule has 0 radical (unpaired) electrons. The Balaban J connectivity index is 2.59. The van der Waals surface area contributed by atoms with Crippen molar-refractivity contribution >= 4 is 12.2 Å². The first-order chi connectivity index (χ1) is 6.25. The fourth-order valence-corrected chi connectivity index (χ4v) is 1.47. The molecular weight excluding hydrogens is 182 g/mol. The van der Waals surface area contributed by atoms with E-state index in [1.54, 1.807) is 0 Å². The number of nitrogens with zero attached hydrogens (tertiary/aromatic N) is 1. The van der Waals surface area contributed by atoms with Gasteiger partial charge in [0.25, 0.3) is 0 Å². The third kappa shape index (κ3) is 1.67. The SMILES string of the molecule is Cc1cc(-c2ccc[nH]2)nc(=S)[nH]1. The molecular formula is C9H9N3S. The summed E-state index contributed by atoms with van der Waals surface area (Å²) in [5.41, 5.74) is 2.89. The second kappa shape index (κ2) is 3.14. The number of hydrogen-bond acceptors (Lipinski definition) is 2. The van der Waals surface area contributed by atoms with E-state index in [0.29, 0.717) is 4.77 Å². The molecule has 0 saturated heterocycles. The molecule has 0 aromatic carbocycles. The molecule has 0 fully saturated rings. The van der Waals surface area contributed by atoms with Crippen LogP contribution in [0.1, 0.15) is 5.69 Å². The molecule has 0 aliphatic rings. The van der Waals surface area contributed by atoms with Crippen LogP contribution in [-0.4, -0.2) is 15.0 Å². The van der Waals surface area contributed by atoms with Crippen LogP contribution in [-0.2, 0) is 0 Å². The standard InChI is InChI=1S/C9H9N3S/c1-6-5-8(12-9(13)11-6)7-3-2-4-10-7/h2-5,10H,1H3,(H,11,12,13). The number of H-pyrrole nitrogens is 2. The summed E-state index contributed by atoms with van der Waals surface area (Å²) in [5.74, 6) is 0. The van der Waals surface area contributed by atoms with E-state index in [2.05, 4.69) is 15.0 Å². The first-order valence-electron chi connectivity index (χ1n) is 3.97. The van der Waals surface area contributed by atoms with Gasteiger partial charge in [0.05, 0.1) is 11.4 Å². The van der Waals surface area contributed by atoms with Gasteiger partial charge in [0.1, 0.15) is 0 Å². The average molecular weight is 191 g/mol. The number of nitrogens with one attached hydrogen (secondary N) is 2. The summed E-state index contributed by atoms with van der Waals surface area (Å²) in [7, 11) is 0. The number of hydrogen-bond donors (Lipinski definition) is 2. The van der Waals surface area contributed by atoms with Gasteiger partial charge in [-0.15, -0.1) is 0 Å². The highest BCUT2D eigenvalue weighted by Gasteiger charge is 1.99. The van der Waals surface area contributed by atoms with Gasteiger partial charge in [0.2, 0.25) is 0 Å². The molecule has 2 aromatic heterocycles. The van der Waals surface area contributed by atoms with Gasteiger partial charge in [-0.25, -0.2) is 4.98 Å². The van der Waals surface area contributed by atoms with E-state index >= 15 is 0 Å². The molecule has 2 rings (SSSR count). The molecule has 13 heavy (non-hydrogen) atoms. The van der Waals surface area contributed by atoms with Crippen LogP contribution in [0.5, 0.6) is 0 Å². The van der Waals surface area contributed by atoms with Crippen LogP contribution in [0.15, 0.2) is 24.4 Å². The highest BCUT2D eigenvalue weighted by molar-refractivity contribution is 7.71. The summed E-state index contributed by atoms with van der Waals surface area (Å²) >= 11 is 4.98. The minimum absolute atomic E-state index is 0.518. The average Bonchev–Trinajstić information content (AvgIpc) is 2.53. The Morgan fingerprint density at radius 3 is 2.92 bits per heavy atom. The lowest BCUT2D eigenvalue weighted by molar-refractivity contribution is 1.07. The second-order valence-corrected chi connectivity index (χ2v) is 3.23. The van der Waals surface area contributed by atoms with E-state index in [1.807, 2.05) is 31.3 Å². The topological polar surface area (TPSA) is 44.5 Å². The van der Waals surface area contributed by atoms with Gasteiger partial charge in [0, 0.05) is 11.9 Å². The van der Waals surface area contributed by atoms with Gasteiger partial charge in [-0.2, -0.15) is 0 Å². The van der Waals surface area contributed by atoms with Crippen LogP contribution >= 0.6 is 12.2 Å². The maximum Gasteiger partial charge on any atom is 0.197 e. The molecule has 0 aliphatic carbocycles. The Morgan fingerprint density at radius 1 is 1.46 bits per heavy atom. The molecule has 0 unspecified atom stereocenters. The lowest BCUT2D eigenvalue weighted by atomic mass is 10.3. The van der Waals surface area contributed by atoms with Gasteiger partial charge < -0.3 is 9.97 Å². The quantitative estimate of drug-likeness (QED) is 0.680. The van der Waals surface area contributed by atoms with Crippen molar-refractivity contribution in [1.82, 2.24) is 15.0 Å². The minimum Gasteiger partial charge on any atom is -0.360 e. The smallest absolute Gasteiger partial charge is 0.197 e. The van der Waals surface area contributed by atoms with Gasteiger partial charge in [-0.1, -0.05) is 0 Å². The van der Waals surface area contributed by atoms with Crippen molar-refractivity contribution in [2.75, 3.05) is 0 Å². The number of rotatable bonds is 1. The normalized spacial score (nSPS) is 10.2. The Labute approximate surface area is 80.9 Å². The summed E-state index contributed by atoms with van der Waals surface area (Å²) in [6, 6.07) is 5.87. The molecule has 0 spiro atoms. The molecule has 2 N–H and O–H groups in total. The van der Waals surface area contributed by atoms with E-state index in [0.717, 1.165) is 17.1 Å². The van der Waals surface area contributed by atoms with E-state index < -0.39 is 0 Å². The van der Waals surface area contributed by atoms with Gasteiger partial charge in [0.15, 0.2) is 4.77 Å². The van der Waals surface area contributed by atoms with Crippen molar-refractivity contribution in [3.63, 3.8) is 0 Å². The fraction of sp³-hybridized carbons (Fsp3) is 0.111. The van der Waals surface area contributed by atoms with E-state index in [9.17, 15) is 0 Å². The van der Waals surface area contributed by atoms with E-state index in [1.165, 1.54) is 0 Å². The maximum atomic E-state index is 4.98. The van der Waals surface area contributed by atoms with Gasteiger partial charge in [-0.05, 0) is 37.3 Å². The molecule has 4 heteroatoms. The summed E-state index contributed by atoms with van der Waals surface area (Å²) in [5, 5.41) is 0. The number of aryl methyl sites for hydroxylation is 1. The van der Waals surface area contributed by atoms with Crippen molar-refractivity contribution in [3.8, 4) is 11.4 Å². The van der Waals surface area contributed by atoms with Crippen LogP contribution in [0.25, 0.3) is 11.4 Å². The second-order valence-electron chi connectivity index (χ2n) is 2.84. The largest absolute Gasteiger partial charge is 0.360 e. The van der Waals surface area contributed by atoms with E-state index in [-0.39, 0.29) is 0 Å². The van der Waals surface area contributed by atoms with Crippen LogP contribution in [0, 0.1) is 11.7 Å². The maximum absolute atomic E-state index is 4.98. The molecule has 2 aromatic rings. The molecule has 0 amide bonds. The predicted octanol–water partition coefficient (Wildman–Crippen LogP) is 2.44. The summed E-state index contributed by atoms with van der Waals surface area (Å²) in [6.07, 6.45) is 1.87. The van der Waals surface area contributed by atoms with Gasteiger partial charge in [-0.3, -0.25) is 0 Å². The molecule has 3 nitrogen and oxygen atoms in total. The van der Waals surface area contributed by atoms with Crippen LogP contribution < -0.4 is 0 Å². The third-order valence-corrected chi connectivity index (χ3v) is 1.95. The number of aromatic amines is 2. The van der Waals surface area contributed by atoms with Crippen molar-refractivity contribution in [1.29, 1.82) is 0 Å². The molecule has 0 bridgehead atoms. The van der Waals surface area contributed by atoms with Crippen LogP contribution in [0.2, 0.25) is 0 Å². The zero-order valence-corrected chi connectivity index (χ0v) is 7.98. The van der Waals surface area contributed by atoms with Crippen molar-refractivity contribution in [3.05, 3.63) is 34.9 Å². The summed E-state index contributed by atoms with van der Waals surface area (Å²) in [4.78, 5) is 10.3. The fourth-order valence-electron chi connectivity index (χ4n) is 1.21. The molecule has 0 aliphatic heterocycles. The Bertz CT molecular complexity index is 456. The highest BCUT2D eigenvalue weighted by atomic mass is 32.1. The number of aromatic nitrogens is 3. The first kappa shape index (κ1) is 8.19. The highest BCUT2D eigenvalue weighted by Crippen LogP contribution is 2.13. The summed E-state index contributed by atoms with van der Waals surface area (Å²) in [6.45, 7) is 1.96. The Morgan fingerprint density at radius 2 is 2.31 bits per heavy atom. The van der Waals surface area contributed by atoms with Crippen LogP contribution in [0.3, 0.4) is 0 Å². The van der Waals surface area contributed by atoms with Crippen molar-refractivity contribution < 1.29 is 0 Å². The van der Waals surface area contributed by atoms with Gasteiger partial charge >= 0.3 is 0 Å². The molecule has 0 saturated carbocycles. The minimum atomic E-state index is 0.518. The third-order valence-electron chi connectivity index (χ3n) is 1.75. The first-order valence-corrected chi connectivity index (χ1v) is 4.38. The Hall–Kier alpha value is -1.42. The Kier molecular flexibility index (Phi) is 1.98. The van der Waals surface area contributed by atoms with Crippen molar-refractivity contribution in [2.24, 2.45) is 0 Å². The molecule has 66 valence electrons. The summed E-state index contributed by atoms with van der Waals surface area (Å²) < 4.78 is 0.518. The monoisotopic (exact) mass is 191 g/mol. The van der Waals surface area contributed by atoms with Crippen LogP contribution in [0.4, 0.5) is 0 Å². The lowest BCUT2D eigenvalue weighted by Crippen LogP contribution is -1.89. The molecule has 2 heterocycles.